The Morgan fingerprint density at radius 2 is 2.44 bits per heavy atom. The van der Waals surface area contributed by atoms with E-state index in [1.165, 1.54) is 0 Å². The van der Waals surface area contributed by atoms with Crippen LogP contribution >= 0.6 is 0 Å². The minimum atomic E-state index is 0.169. The predicted octanol–water partition coefficient (Wildman–Crippen LogP) is 1.13. The normalized spacial score (nSPS) is 25.2. The van der Waals surface area contributed by atoms with Crippen molar-refractivity contribution in [2.45, 2.75) is 19.4 Å². The largest absolute Gasteiger partial charge is 0.354 e. The maximum Gasteiger partial charge on any atom is 0.146 e. The quantitative estimate of drug-likeness (QED) is 0.764. The first-order chi connectivity index (χ1) is 7.72. The van der Waals surface area contributed by atoms with E-state index in [0.29, 0.717) is 11.5 Å². The first kappa shape index (κ1) is 10.9. The van der Waals surface area contributed by atoms with Crippen LogP contribution in [0, 0.1) is 17.2 Å². The van der Waals surface area contributed by atoms with Gasteiger partial charge in [-0.3, -0.25) is 0 Å². The van der Waals surface area contributed by atoms with Crippen molar-refractivity contribution in [3.63, 3.8) is 0 Å². The van der Waals surface area contributed by atoms with Gasteiger partial charge in [0.2, 0.25) is 0 Å². The average Bonchev–Trinajstić information content (AvgIpc) is 2.32. The molecule has 1 aromatic heterocycles. The highest BCUT2D eigenvalue weighted by atomic mass is 15.2. The van der Waals surface area contributed by atoms with E-state index in [9.17, 15) is 0 Å². The van der Waals surface area contributed by atoms with Gasteiger partial charge in [-0.15, -0.1) is 0 Å². The number of hydrogen-bond donors (Lipinski definition) is 1. The van der Waals surface area contributed by atoms with Crippen molar-refractivity contribution in [2.75, 3.05) is 18.0 Å². The Morgan fingerprint density at radius 3 is 3.12 bits per heavy atom. The number of hydrogen-bond acceptors (Lipinski definition) is 4. The van der Waals surface area contributed by atoms with Gasteiger partial charge in [-0.25, -0.2) is 4.98 Å². The highest BCUT2D eigenvalue weighted by Crippen LogP contribution is 2.23. The molecular weight excluding hydrogens is 200 g/mol. The Hall–Kier alpha value is -1.60. The molecule has 0 radical (unpaired) electrons. The van der Waals surface area contributed by atoms with Gasteiger partial charge in [-0.1, -0.05) is 6.92 Å². The number of nitriles is 1. The van der Waals surface area contributed by atoms with E-state index in [1.54, 1.807) is 18.3 Å². The van der Waals surface area contributed by atoms with Gasteiger partial charge in [0.25, 0.3) is 0 Å². The molecule has 2 N–H and O–H groups in total. The van der Waals surface area contributed by atoms with Crippen LogP contribution in [0.2, 0.25) is 0 Å². The van der Waals surface area contributed by atoms with Gasteiger partial charge in [0.1, 0.15) is 11.9 Å². The molecule has 0 spiro atoms. The van der Waals surface area contributed by atoms with E-state index in [2.05, 4.69) is 22.9 Å². The number of piperidine rings is 1. The summed E-state index contributed by atoms with van der Waals surface area (Å²) < 4.78 is 0. The smallest absolute Gasteiger partial charge is 0.146 e. The summed E-state index contributed by atoms with van der Waals surface area (Å²) in [5, 5.41) is 9.02. The first-order valence-electron chi connectivity index (χ1n) is 5.58. The minimum Gasteiger partial charge on any atom is -0.354 e. The molecule has 0 aromatic carbocycles. The molecule has 1 aliphatic heterocycles. The van der Waals surface area contributed by atoms with E-state index in [4.69, 9.17) is 11.0 Å². The van der Waals surface area contributed by atoms with E-state index in [0.717, 1.165) is 25.3 Å². The van der Waals surface area contributed by atoms with Crippen LogP contribution in [0.4, 0.5) is 5.82 Å². The summed E-state index contributed by atoms with van der Waals surface area (Å²) >= 11 is 0. The monoisotopic (exact) mass is 216 g/mol. The van der Waals surface area contributed by atoms with Gasteiger partial charge < -0.3 is 10.6 Å². The van der Waals surface area contributed by atoms with Crippen molar-refractivity contribution < 1.29 is 0 Å². The van der Waals surface area contributed by atoms with Crippen molar-refractivity contribution in [2.24, 2.45) is 11.7 Å². The summed E-state index contributed by atoms with van der Waals surface area (Å²) in [7, 11) is 0. The van der Waals surface area contributed by atoms with Crippen molar-refractivity contribution in [3.8, 4) is 6.07 Å². The number of nitrogens with zero attached hydrogens (tertiary/aromatic N) is 3. The fourth-order valence-corrected chi connectivity index (χ4v) is 2.03. The Kier molecular flexibility index (Phi) is 3.07. The van der Waals surface area contributed by atoms with Crippen LogP contribution in [0.5, 0.6) is 0 Å². The molecule has 0 aliphatic carbocycles. The molecule has 2 rings (SSSR count). The number of aromatic nitrogens is 1. The summed E-state index contributed by atoms with van der Waals surface area (Å²) in [5.74, 6) is 1.32. The molecule has 0 bridgehead atoms. The second-order valence-electron chi connectivity index (χ2n) is 4.36. The van der Waals surface area contributed by atoms with Crippen molar-refractivity contribution >= 4 is 5.82 Å². The van der Waals surface area contributed by atoms with Gasteiger partial charge in [0.15, 0.2) is 0 Å². The molecule has 2 unspecified atom stereocenters. The van der Waals surface area contributed by atoms with E-state index in [1.807, 2.05) is 0 Å². The Morgan fingerprint density at radius 1 is 1.62 bits per heavy atom. The molecule has 1 saturated heterocycles. The van der Waals surface area contributed by atoms with Crippen molar-refractivity contribution in [3.05, 3.63) is 23.9 Å². The summed E-state index contributed by atoms with van der Waals surface area (Å²) in [5.41, 5.74) is 6.67. The highest BCUT2D eigenvalue weighted by molar-refractivity contribution is 5.53. The van der Waals surface area contributed by atoms with Crippen LogP contribution in [0.3, 0.4) is 0 Å². The summed E-state index contributed by atoms with van der Waals surface area (Å²) in [4.78, 5) is 6.39. The average molecular weight is 216 g/mol. The zero-order valence-corrected chi connectivity index (χ0v) is 9.43. The molecule has 0 saturated carbocycles. The lowest BCUT2D eigenvalue weighted by atomic mass is 9.94. The molecule has 1 aliphatic rings. The van der Waals surface area contributed by atoms with E-state index < -0.39 is 0 Å². The summed E-state index contributed by atoms with van der Waals surface area (Å²) in [6, 6.07) is 5.93. The maximum atomic E-state index is 9.02. The number of nitrogens with two attached hydrogens (primary N) is 1. The molecule has 0 amide bonds. The fraction of sp³-hybridized carbons (Fsp3) is 0.500. The van der Waals surface area contributed by atoms with Crippen LogP contribution in [-0.2, 0) is 0 Å². The van der Waals surface area contributed by atoms with Gasteiger partial charge >= 0.3 is 0 Å². The molecule has 4 heteroatoms. The second kappa shape index (κ2) is 4.50. The summed E-state index contributed by atoms with van der Waals surface area (Å²) in [6.07, 6.45) is 2.78. The fourth-order valence-electron chi connectivity index (χ4n) is 2.03. The molecule has 1 aromatic rings. The lowest BCUT2D eigenvalue weighted by molar-refractivity contribution is 0.378. The van der Waals surface area contributed by atoms with Crippen molar-refractivity contribution in [1.29, 1.82) is 5.26 Å². The third kappa shape index (κ3) is 2.00. The van der Waals surface area contributed by atoms with Crippen LogP contribution in [-0.4, -0.2) is 24.1 Å². The SMILES string of the molecule is CC1CCN(c2ncccc2C#N)CC1N. The lowest BCUT2D eigenvalue weighted by Gasteiger charge is -2.36. The number of rotatable bonds is 1. The third-order valence-corrected chi connectivity index (χ3v) is 3.22. The third-order valence-electron chi connectivity index (χ3n) is 3.22. The van der Waals surface area contributed by atoms with Crippen molar-refractivity contribution in [1.82, 2.24) is 4.98 Å². The van der Waals surface area contributed by atoms with Crippen LogP contribution in [0.1, 0.15) is 18.9 Å². The molecule has 2 atom stereocenters. The second-order valence-corrected chi connectivity index (χ2v) is 4.36. The van der Waals surface area contributed by atoms with E-state index >= 15 is 0 Å². The van der Waals surface area contributed by atoms with Gasteiger partial charge in [0, 0.05) is 25.3 Å². The maximum absolute atomic E-state index is 9.02. The Labute approximate surface area is 95.7 Å². The Bertz CT molecular complexity index is 410. The van der Waals surface area contributed by atoms with E-state index in [-0.39, 0.29) is 6.04 Å². The Balaban J connectivity index is 2.22. The predicted molar refractivity (Wildman–Crippen MR) is 62.9 cm³/mol. The number of pyridine rings is 1. The van der Waals surface area contributed by atoms with Gasteiger partial charge in [0.05, 0.1) is 5.56 Å². The zero-order chi connectivity index (χ0) is 11.5. The summed E-state index contributed by atoms with van der Waals surface area (Å²) in [6.45, 7) is 3.89. The molecule has 4 nitrogen and oxygen atoms in total. The van der Waals surface area contributed by atoms with Gasteiger partial charge in [-0.05, 0) is 24.5 Å². The first-order valence-corrected chi connectivity index (χ1v) is 5.58. The van der Waals surface area contributed by atoms with Gasteiger partial charge in [-0.2, -0.15) is 5.26 Å². The number of anilines is 1. The minimum absolute atomic E-state index is 0.169. The zero-order valence-electron chi connectivity index (χ0n) is 9.43. The molecule has 2 heterocycles. The highest BCUT2D eigenvalue weighted by Gasteiger charge is 2.25. The topological polar surface area (TPSA) is 65.9 Å². The van der Waals surface area contributed by atoms with Crippen LogP contribution in [0.15, 0.2) is 18.3 Å². The van der Waals surface area contributed by atoms with Crippen LogP contribution < -0.4 is 10.6 Å². The molecular formula is C12H16N4. The lowest BCUT2D eigenvalue weighted by Crippen LogP contribution is -2.48. The van der Waals surface area contributed by atoms with Crippen LogP contribution in [0.25, 0.3) is 0 Å². The standard InChI is InChI=1S/C12H16N4/c1-9-4-6-16(8-11(9)14)12-10(7-13)3-2-5-15-12/h2-3,5,9,11H,4,6,8,14H2,1H3. The molecule has 84 valence electrons. The molecule has 16 heavy (non-hydrogen) atoms. The molecule has 1 fully saturated rings.